The van der Waals surface area contributed by atoms with Crippen LogP contribution in [0.3, 0.4) is 0 Å². The molecule has 4 nitrogen and oxygen atoms in total. The molecule has 0 amide bonds. The van der Waals surface area contributed by atoms with Crippen LogP contribution in [-0.2, 0) is 9.63 Å². The van der Waals surface area contributed by atoms with Crippen molar-refractivity contribution in [3.8, 4) is 0 Å². The third-order valence-electron chi connectivity index (χ3n) is 3.05. The van der Waals surface area contributed by atoms with Crippen molar-refractivity contribution in [2.24, 2.45) is 0 Å². The number of halogens is 2. The molecule has 2 aromatic carbocycles. The van der Waals surface area contributed by atoms with Crippen molar-refractivity contribution >= 4 is 46.3 Å². The van der Waals surface area contributed by atoms with E-state index in [-0.39, 0.29) is 5.71 Å². The molecule has 0 aliphatic carbocycles. The summed E-state index contributed by atoms with van der Waals surface area (Å²) >= 11 is 12.0. The standard InChI is InChI=1S/C17H16Cl2N2O2/c1-2-6-16(20)17(22)23-21(12-7-4-3-5-8-12)13-9-10-14(18)15(19)11-13/h3-5,7-11,20H,2,6H2,1H3. The smallest absolute Gasteiger partial charge is 0.329 e. The normalized spacial score (nSPS) is 10.2. The van der Waals surface area contributed by atoms with Crippen LogP contribution in [0.25, 0.3) is 0 Å². The van der Waals surface area contributed by atoms with E-state index in [2.05, 4.69) is 0 Å². The first-order valence-electron chi connectivity index (χ1n) is 7.13. The van der Waals surface area contributed by atoms with Crippen molar-refractivity contribution in [2.75, 3.05) is 5.06 Å². The van der Waals surface area contributed by atoms with Gasteiger partial charge in [0.1, 0.15) is 5.71 Å². The Labute approximate surface area is 145 Å². The summed E-state index contributed by atoms with van der Waals surface area (Å²) in [6, 6.07) is 14.0. The lowest BCUT2D eigenvalue weighted by atomic mass is 10.2. The number of anilines is 2. The van der Waals surface area contributed by atoms with Gasteiger partial charge in [0.2, 0.25) is 0 Å². The summed E-state index contributed by atoms with van der Waals surface area (Å²) in [5.41, 5.74) is 1.11. The number of nitrogens with zero attached hydrogens (tertiary/aromatic N) is 1. The van der Waals surface area contributed by atoms with E-state index in [1.54, 1.807) is 30.3 Å². The van der Waals surface area contributed by atoms with Gasteiger partial charge in [0, 0.05) is 0 Å². The van der Waals surface area contributed by atoms with E-state index < -0.39 is 5.97 Å². The zero-order valence-corrected chi connectivity index (χ0v) is 14.1. The second-order valence-electron chi connectivity index (χ2n) is 4.84. The van der Waals surface area contributed by atoms with Gasteiger partial charge in [-0.15, -0.1) is 0 Å². The molecule has 0 fully saturated rings. The molecule has 0 saturated carbocycles. The number of nitrogens with one attached hydrogen (secondary N) is 1. The number of benzene rings is 2. The van der Waals surface area contributed by atoms with Crippen molar-refractivity contribution < 1.29 is 9.63 Å². The highest BCUT2D eigenvalue weighted by atomic mass is 35.5. The number of para-hydroxylation sites is 1. The van der Waals surface area contributed by atoms with Gasteiger partial charge in [-0.05, 0) is 36.8 Å². The Hall–Kier alpha value is -2.04. The lowest BCUT2D eigenvalue weighted by molar-refractivity contribution is -0.135. The molecule has 0 bridgehead atoms. The summed E-state index contributed by atoms with van der Waals surface area (Å²) in [6.45, 7) is 1.90. The molecule has 0 radical (unpaired) electrons. The number of hydrogen-bond donors (Lipinski definition) is 1. The van der Waals surface area contributed by atoms with Crippen molar-refractivity contribution in [1.29, 1.82) is 5.41 Å². The molecule has 1 N–H and O–H groups in total. The highest BCUT2D eigenvalue weighted by Crippen LogP contribution is 2.31. The summed E-state index contributed by atoms with van der Waals surface area (Å²) in [5, 5.41) is 9.85. The number of carbonyl (C=O) groups excluding carboxylic acids is 1. The molecular weight excluding hydrogens is 335 g/mol. The summed E-state index contributed by atoms with van der Waals surface area (Å²) in [5.74, 6) is -0.693. The maximum absolute atomic E-state index is 12.1. The zero-order chi connectivity index (χ0) is 16.8. The van der Waals surface area contributed by atoms with Gasteiger partial charge in [-0.25, -0.2) is 4.79 Å². The topological polar surface area (TPSA) is 53.4 Å². The van der Waals surface area contributed by atoms with Gasteiger partial charge >= 0.3 is 5.97 Å². The lowest BCUT2D eigenvalue weighted by Gasteiger charge is -2.23. The minimum absolute atomic E-state index is 0.0755. The van der Waals surface area contributed by atoms with E-state index in [1.807, 2.05) is 25.1 Å². The van der Waals surface area contributed by atoms with Crippen molar-refractivity contribution in [1.82, 2.24) is 0 Å². The van der Waals surface area contributed by atoms with Crippen LogP contribution in [0.1, 0.15) is 19.8 Å². The number of rotatable bonds is 6. The van der Waals surface area contributed by atoms with Gasteiger partial charge in [-0.1, -0.05) is 54.7 Å². The molecule has 2 rings (SSSR count). The molecule has 0 spiro atoms. The van der Waals surface area contributed by atoms with Crippen LogP contribution in [0.5, 0.6) is 0 Å². The average molecular weight is 351 g/mol. The van der Waals surface area contributed by atoms with Gasteiger partial charge in [0.25, 0.3) is 0 Å². The van der Waals surface area contributed by atoms with Gasteiger partial charge in [-0.3, -0.25) is 5.41 Å². The van der Waals surface area contributed by atoms with Crippen LogP contribution in [0, 0.1) is 5.41 Å². The maximum atomic E-state index is 12.1. The molecule has 0 aromatic heterocycles. The minimum atomic E-state index is -0.693. The first kappa shape index (κ1) is 17.3. The van der Waals surface area contributed by atoms with E-state index in [0.29, 0.717) is 34.3 Å². The Morgan fingerprint density at radius 3 is 2.39 bits per heavy atom. The zero-order valence-electron chi connectivity index (χ0n) is 12.6. The predicted octanol–water partition coefficient (Wildman–Crippen LogP) is 5.41. The molecule has 120 valence electrons. The van der Waals surface area contributed by atoms with Crippen molar-refractivity contribution in [3.05, 3.63) is 58.6 Å². The van der Waals surface area contributed by atoms with Crippen LogP contribution in [-0.4, -0.2) is 11.7 Å². The van der Waals surface area contributed by atoms with Gasteiger partial charge in [0.15, 0.2) is 0 Å². The number of hydrogen-bond acceptors (Lipinski definition) is 4. The molecule has 6 heteroatoms. The monoisotopic (exact) mass is 350 g/mol. The van der Waals surface area contributed by atoms with Crippen molar-refractivity contribution in [3.63, 3.8) is 0 Å². The maximum Gasteiger partial charge on any atom is 0.376 e. The Balaban J connectivity index is 2.34. The summed E-state index contributed by atoms with van der Waals surface area (Å²) in [7, 11) is 0. The minimum Gasteiger partial charge on any atom is -0.329 e. The van der Waals surface area contributed by atoms with Gasteiger partial charge < -0.3 is 4.84 Å². The van der Waals surface area contributed by atoms with Crippen molar-refractivity contribution in [2.45, 2.75) is 19.8 Å². The second-order valence-corrected chi connectivity index (χ2v) is 5.65. The van der Waals surface area contributed by atoms with Gasteiger partial charge in [0.05, 0.1) is 21.4 Å². The van der Waals surface area contributed by atoms with E-state index >= 15 is 0 Å². The molecule has 23 heavy (non-hydrogen) atoms. The second kappa shape index (κ2) is 7.99. The Morgan fingerprint density at radius 2 is 1.78 bits per heavy atom. The Bertz CT molecular complexity index is 705. The fourth-order valence-electron chi connectivity index (χ4n) is 1.92. The highest BCUT2D eigenvalue weighted by molar-refractivity contribution is 6.42. The van der Waals surface area contributed by atoms with Crippen LogP contribution in [0.15, 0.2) is 48.5 Å². The first-order chi connectivity index (χ1) is 11.0. The Morgan fingerprint density at radius 1 is 1.09 bits per heavy atom. The average Bonchev–Trinajstić information content (AvgIpc) is 2.56. The fraction of sp³-hybridized carbons (Fsp3) is 0.176. The van der Waals surface area contributed by atoms with E-state index in [0.717, 1.165) is 0 Å². The molecule has 0 saturated heterocycles. The third-order valence-corrected chi connectivity index (χ3v) is 3.79. The Kier molecular flexibility index (Phi) is 6.02. The molecule has 0 aliphatic rings. The molecule has 2 aromatic rings. The largest absolute Gasteiger partial charge is 0.376 e. The summed E-state index contributed by atoms with van der Waals surface area (Å²) in [6.07, 6.45) is 1.06. The lowest BCUT2D eigenvalue weighted by Crippen LogP contribution is -2.27. The van der Waals surface area contributed by atoms with E-state index in [1.165, 1.54) is 5.06 Å². The van der Waals surface area contributed by atoms with Gasteiger partial charge in [-0.2, -0.15) is 5.06 Å². The first-order valence-corrected chi connectivity index (χ1v) is 7.88. The van der Waals surface area contributed by atoms with Crippen LogP contribution < -0.4 is 5.06 Å². The molecular formula is C17H16Cl2N2O2. The molecule has 0 atom stereocenters. The quantitative estimate of drug-likeness (QED) is 0.559. The molecule has 0 heterocycles. The number of carbonyl (C=O) groups is 1. The van der Waals surface area contributed by atoms with Crippen LogP contribution >= 0.6 is 23.2 Å². The molecule has 0 unspecified atom stereocenters. The van der Waals surface area contributed by atoms with Crippen LogP contribution in [0.4, 0.5) is 11.4 Å². The van der Waals surface area contributed by atoms with E-state index in [9.17, 15) is 4.79 Å². The fourth-order valence-corrected chi connectivity index (χ4v) is 2.21. The SMILES string of the molecule is CCCC(=N)C(=O)ON(c1ccccc1)c1ccc(Cl)c(Cl)c1. The summed E-state index contributed by atoms with van der Waals surface area (Å²) < 4.78 is 0. The predicted molar refractivity (Wildman–Crippen MR) is 93.8 cm³/mol. The molecule has 0 aliphatic heterocycles. The third kappa shape index (κ3) is 4.47. The summed E-state index contributed by atoms with van der Waals surface area (Å²) in [4.78, 5) is 17.5. The van der Waals surface area contributed by atoms with E-state index in [4.69, 9.17) is 33.4 Å². The highest BCUT2D eigenvalue weighted by Gasteiger charge is 2.19. The van der Waals surface area contributed by atoms with Crippen LogP contribution in [0.2, 0.25) is 10.0 Å².